The summed E-state index contributed by atoms with van der Waals surface area (Å²) in [6.45, 7) is 6.73. The summed E-state index contributed by atoms with van der Waals surface area (Å²) in [6.07, 6.45) is 6.76. The molecule has 0 unspecified atom stereocenters. The molecular weight excluding hydrogens is 406 g/mol. The van der Waals surface area contributed by atoms with Gasteiger partial charge in [0.2, 0.25) is 11.7 Å². The summed E-state index contributed by atoms with van der Waals surface area (Å²) in [4.78, 5) is 21.9. The lowest BCUT2D eigenvalue weighted by Crippen LogP contribution is -2.44. The number of methoxy groups -OCH3 is 1. The molecule has 174 valence electrons. The highest BCUT2D eigenvalue weighted by Crippen LogP contribution is 2.26. The average Bonchev–Trinajstić information content (AvgIpc) is 3.33. The van der Waals surface area contributed by atoms with E-state index in [0.29, 0.717) is 24.4 Å². The Kier molecular flexibility index (Phi) is 7.63. The number of nitrogens with zero attached hydrogens (tertiary/aromatic N) is 4. The van der Waals surface area contributed by atoms with Gasteiger partial charge >= 0.3 is 6.01 Å². The van der Waals surface area contributed by atoms with E-state index >= 15 is 0 Å². The third-order valence-electron chi connectivity index (χ3n) is 6.69. The molecule has 1 amide bonds. The predicted molar refractivity (Wildman–Crippen MR) is 124 cm³/mol. The van der Waals surface area contributed by atoms with E-state index in [9.17, 15) is 4.79 Å². The Labute approximate surface area is 190 Å². The number of nitrogens with one attached hydrogen (secondary N) is 1. The van der Waals surface area contributed by atoms with Crippen LogP contribution in [0, 0.1) is 5.92 Å². The van der Waals surface area contributed by atoms with Crippen LogP contribution in [-0.2, 0) is 4.79 Å². The molecule has 2 atom stereocenters. The van der Waals surface area contributed by atoms with Gasteiger partial charge in [-0.15, -0.1) is 0 Å². The van der Waals surface area contributed by atoms with Crippen molar-refractivity contribution in [3.8, 4) is 17.1 Å². The van der Waals surface area contributed by atoms with Gasteiger partial charge in [-0.3, -0.25) is 4.79 Å². The van der Waals surface area contributed by atoms with Crippen LogP contribution in [0.1, 0.15) is 45.4 Å². The molecule has 0 bridgehead atoms. The van der Waals surface area contributed by atoms with Crippen LogP contribution in [0.3, 0.4) is 0 Å². The van der Waals surface area contributed by atoms with Crippen molar-refractivity contribution in [2.24, 2.45) is 5.92 Å². The molecule has 8 heteroatoms. The second-order valence-corrected chi connectivity index (χ2v) is 8.94. The van der Waals surface area contributed by atoms with Crippen LogP contribution in [0.2, 0.25) is 0 Å². The minimum atomic E-state index is -0.0472. The second-order valence-electron chi connectivity index (χ2n) is 8.94. The summed E-state index contributed by atoms with van der Waals surface area (Å²) >= 11 is 0. The zero-order chi connectivity index (χ0) is 22.3. The SMILES string of the molecule is COc1ccc(-c2noc(N3CCC[C@H](C(=O)NCCCN4CCCC[C@H]4C)C3)n2)cc1. The van der Waals surface area contributed by atoms with Gasteiger partial charge in [0.15, 0.2) is 0 Å². The van der Waals surface area contributed by atoms with Gasteiger partial charge in [0, 0.05) is 37.8 Å². The highest BCUT2D eigenvalue weighted by atomic mass is 16.5. The molecule has 32 heavy (non-hydrogen) atoms. The lowest BCUT2D eigenvalue weighted by molar-refractivity contribution is -0.125. The Hall–Kier alpha value is -2.61. The quantitative estimate of drug-likeness (QED) is 0.629. The van der Waals surface area contributed by atoms with Gasteiger partial charge in [0.1, 0.15) is 5.75 Å². The molecule has 1 aromatic carbocycles. The number of benzene rings is 1. The topological polar surface area (TPSA) is 83.7 Å². The molecule has 2 aromatic rings. The second kappa shape index (κ2) is 10.8. The van der Waals surface area contributed by atoms with Crippen LogP contribution in [0.25, 0.3) is 11.4 Å². The van der Waals surface area contributed by atoms with Gasteiger partial charge in [-0.2, -0.15) is 4.98 Å². The molecule has 2 fully saturated rings. The van der Waals surface area contributed by atoms with Crippen LogP contribution in [0.4, 0.5) is 6.01 Å². The van der Waals surface area contributed by atoms with Crippen molar-refractivity contribution in [3.63, 3.8) is 0 Å². The largest absolute Gasteiger partial charge is 0.497 e. The monoisotopic (exact) mass is 441 g/mol. The minimum absolute atomic E-state index is 0.0472. The van der Waals surface area contributed by atoms with Crippen LogP contribution >= 0.6 is 0 Å². The number of hydrogen-bond acceptors (Lipinski definition) is 7. The first kappa shape index (κ1) is 22.6. The zero-order valence-electron chi connectivity index (χ0n) is 19.3. The molecule has 2 aliphatic heterocycles. The first-order chi connectivity index (χ1) is 15.6. The molecule has 8 nitrogen and oxygen atoms in total. The highest BCUT2D eigenvalue weighted by Gasteiger charge is 2.28. The van der Waals surface area contributed by atoms with Crippen molar-refractivity contribution in [1.29, 1.82) is 0 Å². The third-order valence-corrected chi connectivity index (χ3v) is 6.69. The Balaban J connectivity index is 1.25. The molecule has 0 spiro atoms. The molecule has 3 heterocycles. The lowest BCUT2D eigenvalue weighted by Gasteiger charge is -2.33. The lowest BCUT2D eigenvalue weighted by atomic mass is 9.97. The van der Waals surface area contributed by atoms with Crippen LogP contribution in [0.5, 0.6) is 5.75 Å². The van der Waals surface area contributed by atoms with Crippen molar-refractivity contribution in [2.45, 2.75) is 51.5 Å². The zero-order valence-corrected chi connectivity index (χ0v) is 19.3. The van der Waals surface area contributed by atoms with Crippen molar-refractivity contribution in [2.75, 3.05) is 44.7 Å². The molecule has 4 rings (SSSR count). The summed E-state index contributed by atoms with van der Waals surface area (Å²) in [5.74, 6) is 1.42. The van der Waals surface area contributed by atoms with Crippen molar-refractivity contribution < 1.29 is 14.1 Å². The molecule has 1 aromatic heterocycles. The Bertz CT molecular complexity index is 869. The Morgan fingerprint density at radius 3 is 2.81 bits per heavy atom. The summed E-state index contributed by atoms with van der Waals surface area (Å²) in [5, 5.41) is 7.27. The molecule has 0 radical (unpaired) electrons. The predicted octanol–water partition coefficient (Wildman–Crippen LogP) is 3.34. The summed E-state index contributed by atoms with van der Waals surface area (Å²) in [5.41, 5.74) is 0.870. The molecule has 0 saturated carbocycles. The van der Waals surface area contributed by atoms with Gasteiger partial charge in [-0.05, 0) is 69.8 Å². The van der Waals surface area contributed by atoms with Gasteiger partial charge in [0.25, 0.3) is 0 Å². The van der Waals surface area contributed by atoms with Crippen molar-refractivity contribution in [1.82, 2.24) is 20.4 Å². The van der Waals surface area contributed by atoms with E-state index in [-0.39, 0.29) is 11.8 Å². The van der Waals surface area contributed by atoms with E-state index in [1.165, 1.54) is 25.8 Å². The average molecular weight is 442 g/mol. The fourth-order valence-corrected chi connectivity index (χ4v) is 4.69. The molecule has 2 aliphatic rings. The fraction of sp³-hybridized carbons (Fsp3) is 0.625. The van der Waals surface area contributed by atoms with Gasteiger partial charge < -0.3 is 24.4 Å². The maximum Gasteiger partial charge on any atom is 0.324 e. The Morgan fingerprint density at radius 2 is 2.03 bits per heavy atom. The van der Waals surface area contributed by atoms with E-state index < -0.39 is 0 Å². The van der Waals surface area contributed by atoms with Crippen LogP contribution in [0.15, 0.2) is 28.8 Å². The number of rotatable bonds is 8. The smallest absolute Gasteiger partial charge is 0.324 e. The van der Waals surface area contributed by atoms with Crippen molar-refractivity contribution >= 4 is 11.9 Å². The molecule has 1 N–H and O–H groups in total. The molecular formula is C24H35N5O3. The maximum atomic E-state index is 12.7. The van der Waals surface area contributed by atoms with E-state index in [4.69, 9.17) is 9.26 Å². The Morgan fingerprint density at radius 1 is 1.19 bits per heavy atom. The number of anilines is 1. The van der Waals surface area contributed by atoms with Crippen LogP contribution < -0.4 is 15.0 Å². The van der Waals surface area contributed by atoms with E-state index in [2.05, 4.69) is 27.3 Å². The van der Waals surface area contributed by atoms with Crippen LogP contribution in [-0.4, -0.2) is 66.8 Å². The normalized spacial score (nSPS) is 22.0. The van der Waals surface area contributed by atoms with Gasteiger partial charge in [-0.1, -0.05) is 11.6 Å². The number of hydrogen-bond donors (Lipinski definition) is 1. The third kappa shape index (κ3) is 5.59. The molecule has 2 saturated heterocycles. The highest BCUT2D eigenvalue weighted by molar-refractivity contribution is 5.79. The summed E-state index contributed by atoms with van der Waals surface area (Å²) in [7, 11) is 1.64. The first-order valence-electron chi connectivity index (χ1n) is 11.9. The number of carbonyl (C=O) groups is 1. The van der Waals surface area contributed by atoms with E-state index in [1.807, 2.05) is 29.2 Å². The van der Waals surface area contributed by atoms with Crippen molar-refractivity contribution in [3.05, 3.63) is 24.3 Å². The number of piperidine rings is 2. The standard InChI is InChI=1S/C24H35N5O3/c1-18-7-3-4-14-28(18)16-6-13-25-23(30)20-8-5-15-29(17-20)24-26-22(27-32-24)19-9-11-21(31-2)12-10-19/h9-12,18,20H,3-8,13-17H2,1-2H3,(H,25,30)/t18-,20+/m1/s1. The summed E-state index contributed by atoms with van der Waals surface area (Å²) in [6, 6.07) is 8.71. The first-order valence-corrected chi connectivity index (χ1v) is 11.9. The summed E-state index contributed by atoms with van der Waals surface area (Å²) < 4.78 is 10.7. The number of aromatic nitrogens is 2. The minimum Gasteiger partial charge on any atom is -0.497 e. The number of likely N-dealkylation sites (tertiary alicyclic amines) is 1. The van der Waals surface area contributed by atoms with Gasteiger partial charge in [-0.25, -0.2) is 0 Å². The molecule has 0 aliphatic carbocycles. The number of amides is 1. The number of carbonyl (C=O) groups excluding carboxylic acids is 1. The maximum absolute atomic E-state index is 12.7. The number of ether oxygens (including phenoxy) is 1. The van der Waals surface area contributed by atoms with Gasteiger partial charge in [0.05, 0.1) is 13.0 Å². The fourth-order valence-electron chi connectivity index (χ4n) is 4.69. The van der Waals surface area contributed by atoms with E-state index in [0.717, 1.165) is 50.2 Å². The van der Waals surface area contributed by atoms with E-state index in [1.54, 1.807) is 7.11 Å².